The quantitative estimate of drug-likeness (QED) is 0.216. The normalized spacial score (nSPS) is 15.2. The lowest BCUT2D eigenvalue weighted by atomic mass is 10.1. The Morgan fingerprint density at radius 2 is 1.20 bits per heavy atom. The molecule has 0 N–H and O–H groups in total. The molecular weight excluding hydrogens is 596 g/mol. The number of anilines is 4. The number of piperazine rings is 1. The van der Waals surface area contributed by atoms with E-state index in [0.29, 0.717) is 126 Å². The van der Waals surface area contributed by atoms with E-state index >= 15 is 0 Å². The Bertz CT molecular complexity index is 1460. The fourth-order valence-electron chi connectivity index (χ4n) is 5.56. The zero-order chi connectivity index (χ0) is 32.6. The third-order valence-corrected chi connectivity index (χ3v) is 8.20. The second kappa shape index (κ2) is 15.6. The number of aryl methyl sites for hydroxylation is 1. The number of rotatable bonds is 16. The molecule has 0 unspecified atom stereocenters. The van der Waals surface area contributed by atoms with Gasteiger partial charge in [0.15, 0.2) is 17.5 Å². The summed E-state index contributed by atoms with van der Waals surface area (Å²) in [7, 11) is 8.49. The van der Waals surface area contributed by atoms with Gasteiger partial charge in [-0.3, -0.25) is 4.79 Å². The number of hydrogen-bond donors (Lipinski definition) is 0. The highest BCUT2D eigenvalue weighted by atomic mass is 16.5. The first-order valence-electron chi connectivity index (χ1n) is 15.6. The molecule has 1 amide bonds. The third kappa shape index (κ3) is 7.57. The number of amides is 1. The zero-order valence-electron chi connectivity index (χ0n) is 27.8. The highest BCUT2D eigenvalue weighted by Gasteiger charge is 2.31. The summed E-state index contributed by atoms with van der Waals surface area (Å²) >= 11 is 0. The van der Waals surface area contributed by atoms with E-state index in [0.717, 1.165) is 11.5 Å². The van der Waals surface area contributed by atoms with Crippen molar-refractivity contribution in [2.75, 3.05) is 134 Å². The van der Waals surface area contributed by atoms with Gasteiger partial charge in [-0.2, -0.15) is 9.97 Å². The minimum absolute atomic E-state index is 0.0106. The lowest BCUT2D eigenvalue weighted by molar-refractivity contribution is -0.129. The highest BCUT2D eigenvalue weighted by molar-refractivity contribution is 5.96. The average Bonchev–Trinajstić information content (AvgIpc) is 3.44. The predicted octanol–water partition coefficient (Wildman–Crippen LogP) is 0.756. The van der Waals surface area contributed by atoms with Crippen LogP contribution in [0.2, 0.25) is 0 Å². The van der Waals surface area contributed by atoms with Crippen molar-refractivity contribution in [3.63, 3.8) is 0 Å². The van der Waals surface area contributed by atoms with E-state index in [2.05, 4.69) is 9.88 Å². The minimum Gasteiger partial charge on any atom is -0.446 e. The van der Waals surface area contributed by atoms with Gasteiger partial charge in [0.05, 0.1) is 39.5 Å². The topological polar surface area (TPSA) is 148 Å². The van der Waals surface area contributed by atoms with Crippen LogP contribution in [0.1, 0.15) is 17.3 Å². The minimum atomic E-state index is 0.0106. The first kappa shape index (κ1) is 33.5. The first-order chi connectivity index (χ1) is 22.4. The monoisotopic (exact) mass is 642 g/mol. The molecule has 16 heteroatoms. The molecule has 252 valence electrons. The Labute approximate surface area is 269 Å². The number of hydrogen-bond acceptors (Lipinski definition) is 15. The van der Waals surface area contributed by atoms with Crippen LogP contribution in [0.5, 0.6) is 0 Å². The fraction of sp³-hybridized carbons (Fsp3) is 0.667. The van der Waals surface area contributed by atoms with E-state index in [1.165, 1.54) is 0 Å². The number of carbonyl (C=O) groups is 1. The van der Waals surface area contributed by atoms with E-state index in [1.807, 2.05) is 28.7 Å². The molecule has 3 aromatic rings. The zero-order valence-corrected chi connectivity index (χ0v) is 27.8. The second-order valence-corrected chi connectivity index (χ2v) is 11.3. The molecule has 46 heavy (non-hydrogen) atoms. The molecule has 2 aliphatic heterocycles. The molecule has 0 bridgehead atoms. The van der Waals surface area contributed by atoms with Gasteiger partial charge in [-0.05, 0) is 0 Å². The van der Waals surface area contributed by atoms with Crippen molar-refractivity contribution in [3.8, 4) is 0 Å². The smallest absolute Gasteiger partial charge is 0.241 e. The molecule has 0 saturated carbocycles. The van der Waals surface area contributed by atoms with E-state index in [1.54, 1.807) is 33.3 Å². The fourth-order valence-corrected chi connectivity index (χ4v) is 5.56. The summed E-state index contributed by atoms with van der Waals surface area (Å²) in [6, 6.07) is 0. The maximum Gasteiger partial charge on any atom is 0.241 e. The molecular formula is C30H46N10O6. The summed E-state index contributed by atoms with van der Waals surface area (Å²) in [6.07, 6.45) is 0.680. The van der Waals surface area contributed by atoms with Gasteiger partial charge in [-0.25, -0.2) is 15.0 Å². The lowest BCUT2D eigenvalue weighted by Gasteiger charge is -2.34. The summed E-state index contributed by atoms with van der Waals surface area (Å²) in [4.78, 5) is 48.1. The standard InChI is InChI=1S/C30H46N10O6/c1-21-31-22-19-39(8-7-23(22)46-21)27-25-26(33-29(34-27)37(11-15-42-3)12-16-43-4)28(40-10-9-36(2)24(41)20-40)35-30(32-25)38(13-17-44-5)14-18-45-6/h7-20H2,1-6H3. The lowest BCUT2D eigenvalue weighted by Crippen LogP contribution is -2.49. The second-order valence-electron chi connectivity index (χ2n) is 11.3. The molecule has 0 radical (unpaired) electrons. The van der Waals surface area contributed by atoms with Gasteiger partial charge in [0, 0.05) is 94.6 Å². The van der Waals surface area contributed by atoms with Crippen LogP contribution in [-0.4, -0.2) is 150 Å². The van der Waals surface area contributed by atoms with E-state index in [-0.39, 0.29) is 12.5 Å². The van der Waals surface area contributed by atoms with Gasteiger partial charge in [-0.15, -0.1) is 0 Å². The van der Waals surface area contributed by atoms with Gasteiger partial charge in [0.25, 0.3) is 0 Å². The number of methoxy groups -OCH3 is 4. The maximum absolute atomic E-state index is 13.0. The number of carbonyl (C=O) groups excluding carboxylic acids is 1. The van der Waals surface area contributed by atoms with Crippen molar-refractivity contribution < 1.29 is 28.2 Å². The first-order valence-corrected chi connectivity index (χ1v) is 15.6. The third-order valence-electron chi connectivity index (χ3n) is 8.20. The largest absolute Gasteiger partial charge is 0.446 e. The van der Waals surface area contributed by atoms with Crippen molar-refractivity contribution in [3.05, 3.63) is 17.3 Å². The van der Waals surface area contributed by atoms with E-state index < -0.39 is 0 Å². The summed E-state index contributed by atoms with van der Waals surface area (Å²) in [5.41, 5.74) is 2.05. The van der Waals surface area contributed by atoms with Crippen LogP contribution in [0.15, 0.2) is 4.42 Å². The Hall–Kier alpha value is -3.86. The molecule has 0 spiro atoms. The maximum atomic E-state index is 13.0. The Morgan fingerprint density at radius 1 is 0.696 bits per heavy atom. The Balaban J connectivity index is 1.72. The van der Waals surface area contributed by atoms with Crippen LogP contribution in [0, 0.1) is 6.92 Å². The van der Waals surface area contributed by atoms with Crippen LogP contribution in [0.4, 0.5) is 23.5 Å². The van der Waals surface area contributed by atoms with Crippen molar-refractivity contribution in [1.29, 1.82) is 0 Å². The average molecular weight is 643 g/mol. The van der Waals surface area contributed by atoms with Crippen molar-refractivity contribution in [1.82, 2.24) is 29.8 Å². The highest BCUT2D eigenvalue weighted by Crippen LogP contribution is 2.35. The molecule has 0 atom stereocenters. The van der Waals surface area contributed by atoms with Gasteiger partial charge >= 0.3 is 0 Å². The van der Waals surface area contributed by atoms with Crippen LogP contribution in [0.3, 0.4) is 0 Å². The number of likely N-dealkylation sites (N-methyl/N-ethyl adjacent to an activating group) is 1. The molecule has 5 rings (SSSR count). The number of aromatic nitrogens is 5. The van der Waals surface area contributed by atoms with Gasteiger partial charge in [-0.1, -0.05) is 0 Å². The number of oxazole rings is 1. The SMILES string of the molecule is COCCN(CCOC)c1nc(N2CCc3oc(C)nc3C2)c2nc(N(CCOC)CCOC)nc(N3CCN(C)C(=O)C3)c2n1. The summed E-state index contributed by atoms with van der Waals surface area (Å²) in [5, 5.41) is 0. The van der Waals surface area contributed by atoms with Crippen LogP contribution >= 0.6 is 0 Å². The molecule has 5 heterocycles. The van der Waals surface area contributed by atoms with Crippen LogP contribution in [0.25, 0.3) is 11.0 Å². The summed E-state index contributed by atoms with van der Waals surface area (Å²) in [5.74, 6) is 3.79. The molecule has 16 nitrogen and oxygen atoms in total. The number of fused-ring (bicyclic) bond motifs is 2. The number of ether oxygens (including phenoxy) is 4. The molecule has 0 aromatic carbocycles. The van der Waals surface area contributed by atoms with Crippen molar-refractivity contribution >= 4 is 40.5 Å². The van der Waals surface area contributed by atoms with Crippen LogP contribution < -0.4 is 19.6 Å². The van der Waals surface area contributed by atoms with Gasteiger partial charge in [0.2, 0.25) is 17.8 Å². The van der Waals surface area contributed by atoms with Gasteiger partial charge < -0.3 is 47.9 Å². The molecule has 0 aliphatic carbocycles. The van der Waals surface area contributed by atoms with Crippen LogP contribution in [-0.2, 0) is 36.7 Å². The molecule has 3 aromatic heterocycles. The van der Waals surface area contributed by atoms with E-state index in [4.69, 9.17) is 43.3 Å². The molecule has 1 saturated heterocycles. The summed E-state index contributed by atoms with van der Waals surface area (Å²) < 4.78 is 27.6. The van der Waals surface area contributed by atoms with Crippen molar-refractivity contribution in [2.45, 2.75) is 19.9 Å². The molecule has 2 aliphatic rings. The van der Waals surface area contributed by atoms with Crippen molar-refractivity contribution in [2.24, 2.45) is 0 Å². The van der Waals surface area contributed by atoms with Gasteiger partial charge in [0.1, 0.15) is 22.5 Å². The van der Waals surface area contributed by atoms with E-state index in [9.17, 15) is 4.79 Å². The Kier molecular flexibility index (Phi) is 11.4. The Morgan fingerprint density at radius 3 is 1.67 bits per heavy atom. The predicted molar refractivity (Wildman–Crippen MR) is 173 cm³/mol. The number of nitrogens with zero attached hydrogens (tertiary/aromatic N) is 10. The summed E-state index contributed by atoms with van der Waals surface area (Å²) in [6.45, 7) is 8.49. The molecule has 1 fully saturated rings.